The summed E-state index contributed by atoms with van der Waals surface area (Å²) in [6.07, 6.45) is 0. The van der Waals surface area contributed by atoms with Crippen LogP contribution in [-0.2, 0) is 0 Å². The Morgan fingerprint density at radius 2 is 1.05 bits per heavy atom. The van der Waals surface area contributed by atoms with Gasteiger partial charge in [0.2, 0.25) is 0 Å². The van der Waals surface area contributed by atoms with Crippen molar-refractivity contribution >= 4 is 41.1 Å². The van der Waals surface area contributed by atoms with Crippen molar-refractivity contribution in [3.05, 3.63) is 36.4 Å². The molecule has 0 radical (unpaired) electrons. The fourth-order valence-corrected chi connectivity index (χ4v) is 8.94. The number of benzene rings is 2. The van der Waals surface area contributed by atoms with Crippen molar-refractivity contribution in [2.75, 3.05) is 0 Å². The molecule has 4 N–H and O–H groups in total. The van der Waals surface area contributed by atoms with Crippen molar-refractivity contribution in [2.45, 2.75) is 0 Å². The van der Waals surface area contributed by atoms with Crippen LogP contribution in [-0.4, -0.2) is 36.4 Å². The first-order valence-corrected chi connectivity index (χ1v) is 13.3. The number of rotatable bonds is 2. The number of aromatic hydroxyl groups is 4. The Hall–Kier alpha value is -0.990. The van der Waals surface area contributed by atoms with E-state index in [4.69, 9.17) is 17.9 Å². The third-order valence-corrected chi connectivity index (χ3v) is 12.0. The zero-order chi connectivity index (χ0) is 14.2. The molecule has 0 aromatic heterocycles. The van der Waals surface area contributed by atoms with E-state index in [1.807, 2.05) is 0 Å². The minimum atomic E-state index is -3.97. The molecule has 19 heavy (non-hydrogen) atoms. The minimum absolute atomic E-state index is 0.108. The molecule has 0 spiro atoms. The van der Waals surface area contributed by atoms with Gasteiger partial charge in [0.05, 0.1) is 0 Å². The third-order valence-electron chi connectivity index (χ3n) is 2.44. The van der Waals surface area contributed by atoms with Crippen molar-refractivity contribution in [1.82, 2.24) is 0 Å². The second kappa shape index (κ2) is 5.18. The van der Waals surface area contributed by atoms with E-state index < -0.39 is 15.9 Å². The third kappa shape index (κ3) is 2.80. The van der Waals surface area contributed by atoms with E-state index in [9.17, 15) is 20.4 Å². The average molecular weight is 417 g/mol. The predicted octanol–water partition coefficient (Wildman–Crippen LogP) is 1.54. The molecule has 0 aliphatic heterocycles. The summed E-state index contributed by atoms with van der Waals surface area (Å²) in [7, 11) is 12.7. The van der Waals surface area contributed by atoms with Crippen molar-refractivity contribution in [2.24, 2.45) is 0 Å². The van der Waals surface area contributed by atoms with Crippen LogP contribution in [0.1, 0.15) is 0 Å². The Labute approximate surface area is 120 Å². The van der Waals surface area contributed by atoms with E-state index in [0.29, 0.717) is 7.22 Å². The van der Waals surface area contributed by atoms with Crippen LogP contribution in [0.3, 0.4) is 0 Å². The normalized spacial score (nSPS) is 12.3. The van der Waals surface area contributed by atoms with Crippen LogP contribution in [0.15, 0.2) is 36.4 Å². The molecule has 0 saturated carbocycles. The number of phenols is 4. The SMILES string of the molecule is Oc1ccc([Te](Cl)(Cl)c2ccc(O)cc2O)c(O)c1. The molecule has 2 aromatic carbocycles. The van der Waals surface area contributed by atoms with E-state index in [1.165, 1.54) is 24.3 Å². The summed E-state index contributed by atoms with van der Waals surface area (Å²) < 4.78 is 0.592. The Bertz CT molecular complexity index is 578. The topological polar surface area (TPSA) is 80.9 Å². The number of hydrogen-bond acceptors (Lipinski definition) is 4. The molecule has 2 aromatic rings. The van der Waals surface area contributed by atoms with Crippen LogP contribution >= 0.6 is 17.9 Å². The van der Waals surface area contributed by atoms with Gasteiger partial charge in [0.15, 0.2) is 0 Å². The molecule has 0 bridgehead atoms. The van der Waals surface area contributed by atoms with Crippen molar-refractivity contribution in [3.8, 4) is 23.0 Å². The zero-order valence-electron chi connectivity index (χ0n) is 9.42. The first kappa shape index (κ1) is 14.4. The van der Waals surface area contributed by atoms with Crippen LogP contribution in [0.25, 0.3) is 0 Å². The van der Waals surface area contributed by atoms with Gasteiger partial charge in [0.1, 0.15) is 0 Å². The summed E-state index contributed by atoms with van der Waals surface area (Å²) >= 11 is -3.97. The van der Waals surface area contributed by atoms with Gasteiger partial charge in [-0.2, -0.15) is 0 Å². The zero-order valence-corrected chi connectivity index (χ0v) is 13.3. The Kier molecular flexibility index (Phi) is 3.93. The second-order valence-corrected chi connectivity index (χ2v) is 16.2. The Morgan fingerprint density at radius 3 is 1.37 bits per heavy atom. The molecule has 0 fully saturated rings. The monoisotopic (exact) mass is 418 g/mol. The van der Waals surface area contributed by atoms with Gasteiger partial charge < -0.3 is 0 Å². The van der Waals surface area contributed by atoms with Crippen LogP contribution in [0.2, 0.25) is 0 Å². The molecule has 4 nitrogen and oxygen atoms in total. The molecule has 0 heterocycles. The van der Waals surface area contributed by atoms with Gasteiger partial charge in [0, 0.05) is 0 Å². The van der Waals surface area contributed by atoms with Gasteiger partial charge in [0.25, 0.3) is 0 Å². The summed E-state index contributed by atoms with van der Waals surface area (Å²) in [5.41, 5.74) is 0. The quantitative estimate of drug-likeness (QED) is 0.560. The Morgan fingerprint density at radius 1 is 0.684 bits per heavy atom. The van der Waals surface area contributed by atoms with Gasteiger partial charge in [-0.3, -0.25) is 0 Å². The van der Waals surface area contributed by atoms with Crippen molar-refractivity contribution in [1.29, 1.82) is 0 Å². The summed E-state index contributed by atoms with van der Waals surface area (Å²) in [4.78, 5) is 0. The van der Waals surface area contributed by atoms with E-state index in [-0.39, 0.29) is 23.0 Å². The molecular weight excluding hydrogens is 407 g/mol. The van der Waals surface area contributed by atoms with Gasteiger partial charge >= 0.3 is 121 Å². The van der Waals surface area contributed by atoms with Gasteiger partial charge in [-0.15, -0.1) is 0 Å². The molecule has 0 saturated heterocycles. The standard InChI is InChI=1S/C12H10Cl2O4Te/c13-19(14,11-3-1-7(15)5-9(11)17)12-4-2-8(16)6-10(12)18/h1-6,15-18H. The molecule has 0 aliphatic carbocycles. The van der Waals surface area contributed by atoms with E-state index >= 15 is 0 Å². The first-order chi connectivity index (χ1) is 8.82. The molecule has 2 rings (SSSR count). The Balaban J connectivity index is 2.58. The predicted molar refractivity (Wildman–Crippen MR) is 76.3 cm³/mol. The maximum atomic E-state index is 9.82. The van der Waals surface area contributed by atoms with Crippen LogP contribution in [0.5, 0.6) is 23.0 Å². The van der Waals surface area contributed by atoms with E-state index in [2.05, 4.69) is 0 Å². The van der Waals surface area contributed by atoms with Crippen molar-refractivity contribution in [3.63, 3.8) is 0 Å². The van der Waals surface area contributed by atoms with Crippen molar-refractivity contribution < 1.29 is 20.4 Å². The molecule has 0 aliphatic rings. The first-order valence-electron chi connectivity index (χ1n) is 5.09. The maximum absolute atomic E-state index is 9.82. The molecule has 0 atom stereocenters. The fourth-order valence-electron chi connectivity index (χ4n) is 1.56. The summed E-state index contributed by atoms with van der Waals surface area (Å²) in [5, 5.41) is 38.2. The molecule has 0 unspecified atom stereocenters. The molecular formula is C12H10Cl2O4Te. The average Bonchev–Trinajstić information content (AvgIpc) is 2.27. The second-order valence-electron chi connectivity index (χ2n) is 3.77. The van der Waals surface area contributed by atoms with Crippen LogP contribution in [0, 0.1) is 0 Å². The van der Waals surface area contributed by atoms with E-state index in [0.717, 1.165) is 12.1 Å². The molecule has 0 amide bonds. The number of phenolic OH excluding ortho intramolecular Hbond substituents is 4. The van der Waals surface area contributed by atoms with Gasteiger partial charge in [-0.25, -0.2) is 0 Å². The summed E-state index contributed by atoms with van der Waals surface area (Å²) in [5.74, 6) is -0.663. The van der Waals surface area contributed by atoms with Gasteiger partial charge in [-0.1, -0.05) is 0 Å². The number of hydrogen-bond donors (Lipinski definition) is 4. The van der Waals surface area contributed by atoms with Crippen LogP contribution in [0.4, 0.5) is 0 Å². The number of halogens is 2. The fraction of sp³-hybridized carbons (Fsp3) is 0. The summed E-state index contributed by atoms with van der Waals surface area (Å²) in [6, 6.07) is 7.85. The van der Waals surface area contributed by atoms with E-state index in [1.54, 1.807) is 0 Å². The van der Waals surface area contributed by atoms with Gasteiger partial charge in [-0.05, 0) is 0 Å². The molecule has 7 heteroatoms. The summed E-state index contributed by atoms with van der Waals surface area (Å²) in [6.45, 7) is 0. The van der Waals surface area contributed by atoms with Crippen LogP contribution < -0.4 is 7.22 Å². The molecule has 102 valence electrons.